The van der Waals surface area contributed by atoms with Crippen molar-refractivity contribution in [3.05, 3.63) is 22.4 Å². The van der Waals surface area contributed by atoms with E-state index >= 15 is 0 Å². The largest absolute Gasteiger partial charge is 0.397 e. The van der Waals surface area contributed by atoms with Crippen LogP contribution < -0.4 is 11.1 Å². The Labute approximate surface area is 123 Å². The monoisotopic (exact) mass is 331 g/mol. The normalized spacial score (nSPS) is 11.3. The summed E-state index contributed by atoms with van der Waals surface area (Å²) in [4.78, 5) is 2.31. The average Bonchev–Trinajstić information content (AvgIpc) is 2.34. The quantitative estimate of drug-likeness (QED) is 0.591. The molecule has 0 heterocycles. The van der Waals surface area contributed by atoms with Crippen LogP contribution in [0.15, 0.2) is 16.6 Å². The third-order valence-corrected chi connectivity index (χ3v) is 3.83. The topological polar surface area (TPSA) is 41.3 Å². The summed E-state index contributed by atoms with van der Waals surface area (Å²) in [7, 11) is 2.13. The SMILES string of the molecule is CC(C)N(C)CCCCNc1cc(F)c(Br)cc1N. The minimum Gasteiger partial charge on any atom is -0.397 e. The molecule has 0 fully saturated rings. The molecule has 0 saturated carbocycles. The number of anilines is 2. The zero-order valence-electron chi connectivity index (χ0n) is 11.8. The van der Waals surface area contributed by atoms with Gasteiger partial charge in [-0.05, 0) is 62.3 Å². The van der Waals surface area contributed by atoms with E-state index in [-0.39, 0.29) is 5.82 Å². The summed E-state index contributed by atoms with van der Waals surface area (Å²) >= 11 is 3.11. The second-order valence-electron chi connectivity index (χ2n) is 5.06. The summed E-state index contributed by atoms with van der Waals surface area (Å²) in [5, 5.41) is 3.18. The van der Waals surface area contributed by atoms with Crippen LogP contribution in [0.2, 0.25) is 0 Å². The fourth-order valence-electron chi connectivity index (χ4n) is 1.68. The first-order valence-electron chi connectivity index (χ1n) is 6.60. The maximum atomic E-state index is 13.4. The number of halogens is 2. The number of nitrogens with one attached hydrogen (secondary N) is 1. The molecule has 0 aliphatic heterocycles. The molecule has 0 radical (unpaired) electrons. The van der Waals surface area contributed by atoms with Gasteiger partial charge in [-0.25, -0.2) is 4.39 Å². The summed E-state index contributed by atoms with van der Waals surface area (Å²) < 4.78 is 13.8. The van der Waals surface area contributed by atoms with Gasteiger partial charge < -0.3 is 16.0 Å². The number of nitrogens with zero attached hydrogens (tertiary/aromatic N) is 1. The van der Waals surface area contributed by atoms with Crippen molar-refractivity contribution < 1.29 is 4.39 Å². The van der Waals surface area contributed by atoms with E-state index in [9.17, 15) is 4.39 Å². The van der Waals surface area contributed by atoms with Gasteiger partial charge in [0.25, 0.3) is 0 Å². The van der Waals surface area contributed by atoms with Gasteiger partial charge in [0.2, 0.25) is 0 Å². The van der Waals surface area contributed by atoms with E-state index in [1.165, 1.54) is 6.07 Å². The van der Waals surface area contributed by atoms with Crippen LogP contribution >= 0.6 is 15.9 Å². The summed E-state index contributed by atoms with van der Waals surface area (Å²) in [6, 6.07) is 3.59. The molecule has 0 saturated heterocycles. The van der Waals surface area contributed by atoms with Crippen LogP contribution in [0.1, 0.15) is 26.7 Å². The molecule has 0 bridgehead atoms. The van der Waals surface area contributed by atoms with Crippen molar-refractivity contribution in [2.24, 2.45) is 0 Å². The summed E-state index contributed by atoms with van der Waals surface area (Å²) in [6.45, 7) is 6.24. The predicted molar refractivity (Wildman–Crippen MR) is 84.0 cm³/mol. The molecule has 0 aliphatic rings. The molecule has 1 rings (SSSR count). The molecule has 0 atom stereocenters. The van der Waals surface area contributed by atoms with Gasteiger partial charge in [-0.3, -0.25) is 0 Å². The van der Waals surface area contributed by atoms with Gasteiger partial charge in [-0.2, -0.15) is 0 Å². The van der Waals surface area contributed by atoms with E-state index in [0.29, 0.717) is 21.9 Å². The van der Waals surface area contributed by atoms with Gasteiger partial charge in [0, 0.05) is 18.7 Å². The molecule has 1 aromatic rings. The molecule has 5 heteroatoms. The lowest BCUT2D eigenvalue weighted by atomic mass is 10.2. The van der Waals surface area contributed by atoms with Gasteiger partial charge >= 0.3 is 0 Å². The molecule has 3 nitrogen and oxygen atoms in total. The van der Waals surface area contributed by atoms with Crippen LogP contribution in [0.5, 0.6) is 0 Å². The number of rotatable bonds is 7. The maximum Gasteiger partial charge on any atom is 0.139 e. The minimum atomic E-state index is -0.295. The second-order valence-corrected chi connectivity index (χ2v) is 5.92. The standard InChI is InChI=1S/C14H23BrFN3/c1-10(2)19(3)7-5-4-6-18-14-9-12(16)11(15)8-13(14)17/h8-10,18H,4-7,17H2,1-3H3. The molecular formula is C14H23BrFN3. The minimum absolute atomic E-state index is 0.295. The lowest BCUT2D eigenvalue weighted by Gasteiger charge is -2.20. The lowest BCUT2D eigenvalue weighted by Crippen LogP contribution is -2.27. The molecule has 0 spiro atoms. The van der Waals surface area contributed by atoms with Gasteiger partial charge in [0.1, 0.15) is 5.82 Å². The molecule has 108 valence electrons. The first-order chi connectivity index (χ1) is 8.91. The van der Waals surface area contributed by atoms with Gasteiger partial charge in [0.05, 0.1) is 15.8 Å². The van der Waals surface area contributed by atoms with Crippen LogP contribution in [0, 0.1) is 5.82 Å². The Morgan fingerprint density at radius 2 is 2.05 bits per heavy atom. The first-order valence-corrected chi connectivity index (χ1v) is 7.39. The second kappa shape index (κ2) is 7.70. The highest BCUT2D eigenvalue weighted by Gasteiger charge is 2.06. The third kappa shape index (κ3) is 5.37. The zero-order valence-corrected chi connectivity index (χ0v) is 13.4. The molecule has 0 aliphatic carbocycles. The van der Waals surface area contributed by atoms with E-state index < -0.39 is 0 Å². The fourth-order valence-corrected chi connectivity index (χ4v) is 2.04. The number of hydrogen-bond donors (Lipinski definition) is 2. The van der Waals surface area contributed by atoms with Gasteiger partial charge in [-0.15, -0.1) is 0 Å². The highest BCUT2D eigenvalue weighted by atomic mass is 79.9. The molecule has 19 heavy (non-hydrogen) atoms. The number of benzene rings is 1. The predicted octanol–water partition coefficient (Wildman–Crippen LogP) is 3.70. The van der Waals surface area contributed by atoms with E-state index in [0.717, 1.165) is 25.9 Å². The molecule has 0 unspecified atom stereocenters. The van der Waals surface area contributed by atoms with Crippen molar-refractivity contribution in [3.63, 3.8) is 0 Å². The third-order valence-electron chi connectivity index (χ3n) is 3.23. The molecule has 3 N–H and O–H groups in total. The van der Waals surface area contributed by atoms with Gasteiger partial charge in [-0.1, -0.05) is 0 Å². The Morgan fingerprint density at radius 1 is 1.37 bits per heavy atom. The van der Waals surface area contributed by atoms with E-state index in [1.807, 2.05) is 0 Å². The Hall–Kier alpha value is -0.810. The smallest absolute Gasteiger partial charge is 0.139 e. The Morgan fingerprint density at radius 3 is 2.68 bits per heavy atom. The van der Waals surface area contributed by atoms with Crippen LogP contribution in [-0.4, -0.2) is 31.1 Å². The Bertz CT molecular complexity index is 410. The average molecular weight is 332 g/mol. The van der Waals surface area contributed by atoms with Crippen LogP contribution in [0.4, 0.5) is 15.8 Å². The van der Waals surface area contributed by atoms with Crippen LogP contribution in [-0.2, 0) is 0 Å². The van der Waals surface area contributed by atoms with E-state index in [1.54, 1.807) is 6.07 Å². The highest BCUT2D eigenvalue weighted by Crippen LogP contribution is 2.26. The summed E-state index contributed by atoms with van der Waals surface area (Å²) in [5.74, 6) is -0.295. The molecule has 0 amide bonds. The zero-order chi connectivity index (χ0) is 14.4. The van der Waals surface area contributed by atoms with Crippen LogP contribution in [0.3, 0.4) is 0 Å². The Balaban J connectivity index is 2.32. The number of hydrogen-bond acceptors (Lipinski definition) is 3. The molecule has 1 aromatic carbocycles. The van der Waals surface area contributed by atoms with Gasteiger partial charge in [0.15, 0.2) is 0 Å². The maximum absolute atomic E-state index is 13.4. The summed E-state index contributed by atoms with van der Waals surface area (Å²) in [6.07, 6.45) is 2.15. The van der Waals surface area contributed by atoms with Crippen molar-refractivity contribution in [1.29, 1.82) is 0 Å². The van der Waals surface area contributed by atoms with E-state index in [4.69, 9.17) is 5.73 Å². The first kappa shape index (κ1) is 16.2. The molecular weight excluding hydrogens is 309 g/mol. The van der Waals surface area contributed by atoms with Crippen molar-refractivity contribution in [1.82, 2.24) is 4.90 Å². The van der Waals surface area contributed by atoms with Crippen LogP contribution in [0.25, 0.3) is 0 Å². The van der Waals surface area contributed by atoms with Crippen molar-refractivity contribution in [2.75, 3.05) is 31.2 Å². The van der Waals surface area contributed by atoms with Crippen molar-refractivity contribution in [3.8, 4) is 0 Å². The Kier molecular flexibility index (Phi) is 6.58. The van der Waals surface area contributed by atoms with Crippen molar-refractivity contribution in [2.45, 2.75) is 32.7 Å². The number of unbranched alkanes of at least 4 members (excludes halogenated alkanes) is 1. The molecule has 0 aromatic heterocycles. The number of nitrogens with two attached hydrogens (primary N) is 1. The summed E-state index contributed by atoms with van der Waals surface area (Å²) in [5.41, 5.74) is 7.05. The van der Waals surface area contributed by atoms with E-state index in [2.05, 4.69) is 47.0 Å². The lowest BCUT2D eigenvalue weighted by molar-refractivity contribution is 0.269. The fraction of sp³-hybridized carbons (Fsp3) is 0.571. The number of nitrogen functional groups attached to an aromatic ring is 1. The van der Waals surface area contributed by atoms with Crippen molar-refractivity contribution >= 4 is 27.3 Å². The highest BCUT2D eigenvalue weighted by molar-refractivity contribution is 9.10.